The zero-order chi connectivity index (χ0) is 23.5. The van der Waals surface area contributed by atoms with Gasteiger partial charge in [-0.2, -0.15) is 5.10 Å². The predicted molar refractivity (Wildman–Crippen MR) is 135 cm³/mol. The second-order valence-corrected chi connectivity index (χ2v) is 10.2. The first-order valence-electron chi connectivity index (χ1n) is 11.5. The van der Waals surface area contributed by atoms with E-state index >= 15 is 0 Å². The number of ether oxygens (including phenoxy) is 1. The Bertz CT molecular complexity index is 1270. The summed E-state index contributed by atoms with van der Waals surface area (Å²) in [7, 11) is 0. The number of amides is 1. The molecule has 174 valence electrons. The Balaban J connectivity index is 1.38. The molecule has 0 unspecified atom stereocenters. The molecule has 3 heterocycles. The quantitative estimate of drug-likeness (QED) is 0.367. The van der Waals surface area contributed by atoms with Crippen molar-refractivity contribution in [2.75, 3.05) is 18.8 Å². The number of hydrogen-bond donors (Lipinski definition) is 0. The van der Waals surface area contributed by atoms with Crippen molar-refractivity contribution >= 4 is 28.7 Å². The molecule has 0 N–H and O–H groups in total. The molecule has 1 fully saturated rings. The highest BCUT2D eigenvalue weighted by atomic mass is 32.2. The van der Waals surface area contributed by atoms with E-state index in [9.17, 15) is 4.79 Å². The smallest absolute Gasteiger partial charge is 0.232 e. The summed E-state index contributed by atoms with van der Waals surface area (Å²) >= 11 is 1.68. The first-order valence-corrected chi connectivity index (χ1v) is 12.5. The topological polar surface area (TPSA) is 73.1 Å². The number of carbonyl (C=O) groups excluding carboxylic acids is 1. The van der Waals surface area contributed by atoms with E-state index in [1.807, 2.05) is 70.4 Å². The minimum absolute atomic E-state index is 0.0971. The van der Waals surface area contributed by atoms with Crippen molar-refractivity contribution in [1.82, 2.24) is 24.6 Å². The van der Waals surface area contributed by atoms with Gasteiger partial charge in [0.1, 0.15) is 23.5 Å². The van der Waals surface area contributed by atoms with Crippen molar-refractivity contribution in [2.45, 2.75) is 31.6 Å². The molecule has 0 radical (unpaired) electrons. The van der Waals surface area contributed by atoms with Crippen LogP contribution in [0.2, 0.25) is 0 Å². The summed E-state index contributed by atoms with van der Waals surface area (Å²) in [6.07, 6.45) is 4.23. The largest absolute Gasteiger partial charge is 0.457 e. The van der Waals surface area contributed by atoms with E-state index in [4.69, 9.17) is 9.84 Å². The fourth-order valence-electron chi connectivity index (χ4n) is 4.15. The molecule has 0 bridgehead atoms. The lowest BCUT2D eigenvalue weighted by Gasteiger charge is -2.17. The van der Waals surface area contributed by atoms with Crippen LogP contribution in [-0.2, 0) is 4.79 Å². The van der Waals surface area contributed by atoms with Gasteiger partial charge in [-0.05, 0) is 48.1 Å². The van der Waals surface area contributed by atoms with E-state index in [2.05, 4.69) is 23.8 Å². The number of likely N-dealkylation sites (tertiary alicyclic amines) is 1. The highest BCUT2D eigenvalue weighted by Crippen LogP contribution is 2.32. The molecule has 5 rings (SSSR count). The van der Waals surface area contributed by atoms with Gasteiger partial charge in [0, 0.05) is 24.8 Å². The van der Waals surface area contributed by atoms with Gasteiger partial charge in [-0.3, -0.25) is 4.79 Å². The third kappa shape index (κ3) is 4.77. The summed E-state index contributed by atoms with van der Waals surface area (Å²) in [6, 6.07) is 17.7. The molecule has 1 amide bonds. The molecule has 7 nitrogen and oxygen atoms in total. The molecule has 2 aromatic carbocycles. The summed E-state index contributed by atoms with van der Waals surface area (Å²) in [5, 5.41) is 6.30. The first-order chi connectivity index (χ1) is 16.6. The van der Waals surface area contributed by atoms with Crippen LogP contribution in [0, 0.1) is 0 Å². The van der Waals surface area contributed by atoms with Crippen LogP contribution in [0.15, 0.2) is 67.1 Å². The van der Waals surface area contributed by atoms with Crippen LogP contribution in [-0.4, -0.2) is 54.6 Å². The predicted octanol–water partition coefficient (Wildman–Crippen LogP) is 5.20. The lowest BCUT2D eigenvalue weighted by molar-refractivity contribution is -0.127. The molecule has 2 aromatic heterocycles. The van der Waals surface area contributed by atoms with Crippen LogP contribution in [0.1, 0.15) is 26.3 Å². The van der Waals surface area contributed by atoms with E-state index in [0.717, 1.165) is 46.8 Å². The number of hydrogen-bond acceptors (Lipinski definition) is 6. The molecule has 1 saturated heterocycles. The van der Waals surface area contributed by atoms with Gasteiger partial charge in [-0.25, -0.2) is 14.6 Å². The number of rotatable bonds is 7. The third-order valence-corrected chi connectivity index (χ3v) is 6.96. The summed E-state index contributed by atoms with van der Waals surface area (Å²) in [5.41, 5.74) is 2.60. The van der Waals surface area contributed by atoms with Crippen LogP contribution in [0.3, 0.4) is 0 Å². The van der Waals surface area contributed by atoms with Gasteiger partial charge < -0.3 is 9.64 Å². The normalized spacial score (nSPS) is 15.9. The standard InChI is InChI=1S/C26H27N5O2S/c1-18(2)34-16-24(32)30-13-12-20(15-30)31-26-23(14-27-17-28-26)25(29-31)19-8-10-22(11-9-19)33-21-6-4-3-5-7-21/h3-11,14,17-18,20H,12-13,15-16H2,1-2H3/t20-/m1/s1. The van der Waals surface area contributed by atoms with Crippen LogP contribution in [0.5, 0.6) is 11.5 Å². The van der Waals surface area contributed by atoms with Crippen molar-refractivity contribution in [3.05, 3.63) is 67.1 Å². The lowest BCUT2D eigenvalue weighted by atomic mass is 10.1. The van der Waals surface area contributed by atoms with Gasteiger partial charge in [0.15, 0.2) is 5.65 Å². The fraction of sp³-hybridized carbons (Fsp3) is 0.308. The fourth-order valence-corrected chi connectivity index (χ4v) is 4.81. The number of nitrogens with zero attached hydrogens (tertiary/aromatic N) is 5. The van der Waals surface area contributed by atoms with Crippen molar-refractivity contribution in [3.63, 3.8) is 0 Å². The molecule has 0 saturated carbocycles. The highest BCUT2D eigenvalue weighted by Gasteiger charge is 2.30. The number of benzene rings is 2. The summed E-state index contributed by atoms with van der Waals surface area (Å²) in [5.74, 6) is 2.28. The molecule has 8 heteroatoms. The van der Waals surface area contributed by atoms with Crippen molar-refractivity contribution < 1.29 is 9.53 Å². The minimum atomic E-state index is 0.0971. The van der Waals surface area contributed by atoms with Crippen molar-refractivity contribution in [1.29, 1.82) is 0 Å². The number of aromatic nitrogens is 4. The molecular formula is C26H27N5O2S. The van der Waals surface area contributed by atoms with Gasteiger partial charge in [0.05, 0.1) is 17.2 Å². The Kier molecular flexibility index (Phi) is 6.49. The van der Waals surface area contributed by atoms with E-state index in [1.54, 1.807) is 18.1 Å². The molecule has 1 atom stereocenters. The SMILES string of the molecule is CC(C)SCC(=O)N1CC[C@@H](n2nc(-c3ccc(Oc4ccccc4)cc3)c3cncnc32)C1. The van der Waals surface area contributed by atoms with Crippen LogP contribution in [0.25, 0.3) is 22.3 Å². The zero-order valence-corrected chi connectivity index (χ0v) is 20.1. The van der Waals surface area contributed by atoms with Gasteiger partial charge in [-0.1, -0.05) is 32.0 Å². The average molecular weight is 474 g/mol. The van der Waals surface area contributed by atoms with Gasteiger partial charge in [-0.15, -0.1) is 11.8 Å². The van der Waals surface area contributed by atoms with Crippen molar-refractivity contribution in [3.8, 4) is 22.8 Å². The average Bonchev–Trinajstić information content (AvgIpc) is 3.49. The number of carbonyl (C=O) groups is 1. The van der Waals surface area contributed by atoms with Crippen molar-refractivity contribution in [2.24, 2.45) is 0 Å². The maximum absolute atomic E-state index is 12.6. The Labute approximate surface area is 203 Å². The monoisotopic (exact) mass is 473 g/mol. The number of thioether (sulfide) groups is 1. The summed E-state index contributed by atoms with van der Waals surface area (Å²) in [4.78, 5) is 23.3. The second kappa shape index (κ2) is 9.85. The first kappa shape index (κ1) is 22.4. The zero-order valence-electron chi connectivity index (χ0n) is 19.3. The Morgan fingerprint density at radius 3 is 2.65 bits per heavy atom. The van der Waals surface area contributed by atoms with E-state index < -0.39 is 0 Å². The Morgan fingerprint density at radius 2 is 1.88 bits per heavy atom. The molecule has 0 spiro atoms. The molecule has 1 aliphatic rings. The van der Waals surface area contributed by atoms with E-state index in [-0.39, 0.29) is 11.9 Å². The van der Waals surface area contributed by atoms with Crippen LogP contribution < -0.4 is 4.74 Å². The number of fused-ring (bicyclic) bond motifs is 1. The second-order valence-electron chi connectivity index (χ2n) is 8.63. The van der Waals surface area contributed by atoms with Gasteiger partial charge in [0.2, 0.25) is 5.91 Å². The van der Waals surface area contributed by atoms with Crippen LogP contribution in [0.4, 0.5) is 0 Å². The molecule has 0 aliphatic carbocycles. The highest BCUT2D eigenvalue weighted by molar-refractivity contribution is 8.00. The maximum Gasteiger partial charge on any atom is 0.232 e. The maximum atomic E-state index is 12.6. The molecule has 4 aromatic rings. The lowest BCUT2D eigenvalue weighted by Crippen LogP contribution is -2.31. The van der Waals surface area contributed by atoms with Gasteiger partial charge >= 0.3 is 0 Å². The Morgan fingerprint density at radius 1 is 1.12 bits per heavy atom. The Hall–Kier alpha value is -3.39. The molecule has 34 heavy (non-hydrogen) atoms. The van der Waals surface area contributed by atoms with E-state index in [0.29, 0.717) is 17.5 Å². The van der Waals surface area contributed by atoms with E-state index in [1.165, 1.54) is 0 Å². The third-order valence-electron chi connectivity index (χ3n) is 5.88. The van der Waals surface area contributed by atoms with Crippen LogP contribution >= 0.6 is 11.8 Å². The molecule has 1 aliphatic heterocycles. The molecular weight excluding hydrogens is 446 g/mol. The van der Waals surface area contributed by atoms with Gasteiger partial charge in [0.25, 0.3) is 0 Å². The summed E-state index contributed by atoms with van der Waals surface area (Å²) in [6.45, 7) is 5.63. The summed E-state index contributed by atoms with van der Waals surface area (Å²) < 4.78 is 7.90. The minimum Gasteiger partial charge on any atom is -0.457 e. The number of para-hydroxylation sites is 1.